The number of thioether (sulfide) groups is 1. The molecule has 1 heterocycles. The van der Waals surface area contributed by atoms with Gasteiger partial charge >= 0.3 is 0 Å². The van der Waals surface area contributed by atoms with E-state index >= 15 is 0 Å². The van der Waals surface area contributed by atoms with Crippen LogP contribution in [0.3, 0.4) is 0 Å². The molecule has 5 nitrogen and oxygen atoms in total. The van der Waals surface area contributed by atoms with Gasteiger partial charge in [-0.15, -0.1) is 0 Å². The van der Waals surface area contributed by atoms with Gasteiger partial charge in [-0.3, -0.25) is 4.68 Å². The summed E-state index contributed by atoms with van der Waals surface area (Å²) >= 11 is 1.67. The minimum absolute atomic E-state index is 0.0635. The second kappa shape index (κ2) is 4.12. The predicted molar refractivity (Wildman–Crippen MR) is 52.0 cm³/mol. The zero-order valence-corrected chi connectivity index (χ0v) is 8.81. The molecule has 0 aliphatic rings. The van der Waals surface area contributed by atoms with Gasteiger partial charge in [-0.1, -0.05) is 0 Å². The lowest BCUT2D eigenvalue weighted by Crippen LogP contribution is -2.11. The molecule has 7 heteroatoms. The Hall–Kier alpha value is -0.530. The molecule has 0 unspecified atom stereocenters. The van der Waals surface area contributed by atoms with Crippen LogP contribution in [-0.2, 0) is 16.6 Å². The van der Waals surface area contributed by atoms with Gasteiger partial charge in [0.2, 0.25) is 10.0 Å². The van der Waals surface area contributed by atoms with Crippen molar-refractivity contribution in [3.8, 4) is 0 Å². The molecule has 0 aliphatic heterocycles. The van der Waals surface area contributed by atoms with Gasteiger partial charge in [0, 0.05) is 18.5 Å². The number of aromatic nitrogens is 2. The Kier molecular flexibility index (Phi) is 3.34. The van der Waals surface area contributed by atoms with E-state index in [9.17, 15) is 8.42 Å². The lowest BCUT2D eigenvalue weighted by Gasteiger charge is -1.96. The molecule has 0 aliphatic carbocycles. The van der Waals surface area contributed by atoms with Gasteiger partial charge in [0.05, 0.1) is 6.20 Å². The molecule has 2 N–H and O–H groups in total. The number of aryl methyl sites for hydroxylation is 1. The van der Waals surface area contributed by atoms with E-state index in [-0.39, 0.29) is 4.90 Å². The van der Waals surface area contributed by atoms with Crippen LogP contribution < -0.4 is 5.14 Å². The summed E-state index contributed by atoms with van der Waals surface area (Å²) < 4.78 is 23.2. The first-order chi connectivity index (χ1) is 6.04. The van der Waals surface area contributed by atoms with E-state index in [1.165, 1.54) is 12.4 Å². The topological polar surface area (TPSA) is 78.0 Å². The van der Waals surface area contributed by atoms with E-state index in [1.54, 1.807) is 16.4 Å². The fourth-order valence-electron chi connectivity index (χ4n) is 0.799. The molecule has 0 bridgehead atoms. The second-order valence-corrected chi connectivity index (χ2v) is 5.02. The molecule has 1 rings (SSSR count). The monoisotopic (exact) mass is 221 g/mol. The van der Waals surface area contributed by atoms with Gasteiger partial charge in [0.25, 0.3) is 0 Å². The summed E-state index contributed by atoms with van der Waals surface area (Å²) in [7, 11) is -3.60. The molecule has 0 fully saturated rings. The van der Waals surface area contributed by atoms with Crippen molar-refractivity contribution >= 4 is 21.8 Å². The fourth-order valence-corrected chi connectivity index (χ4v) is 1.63. The molecule has 0 amide bonds. The number of nitrogens with zero attached hydrogens (tertiary/aromatic N) is 2. The highest BCUT2D eigenvalue weighted by Crippen LogP contribution is 2.04. The number of primary sulfonamides is 1. The summed E-state index contributed by atoms with van der Waals surface area (Å²) in [6.45, 7) is 0.691. The van der Waals surface area contributed by atoms with Crippen LogP contribution in [0.1, 0.15) is 0 Å². The van der Waals surface area contributed by atoms with Gasteiger partial charge in [-0.2, -0.15) is 16.9 Å². The van der Waals surface area contributed by atoms with E-state index in [0.29, 0.717) is 6.54 Å². The first kappa shape index (κ1) is 10.6. The van der Waals surface area contributed by atoms with Gasteiger partial charge in [0.1, 0.15) is 4.90 Å². The maximum atomic E-state index is 10.8. The molecule has 0 saturated carbocycles. The Morgan fingerprint density at radius 2 is 2.38 bits per heavy atom. The van der Waals surface area contributed by atoms with Gasteiger partial charge in [-0.05, 0) is 6.26 Å². The van der Waals surface area contributed by atoms with Crippen molar-refractivity contribution in [3.05, 3.63) is 12.4 Å². The summed E-state index contributed by atoms with van der Waals surface area (Å²) in [5.41, 5.74) is 0. The third kappa shape index (κ3) is 3.02. The van der Waals surface area contributed by atoms with Crippen molar-refractivity contribution in [1.82, 2.24) is 9.78 Å². The van der Waals surface area contributed by atoms with E-state index < -0.39 is 10.0 Å². The molecule has 1 aromatic rings. The minimum Gasteiger partial charge on any atom is -0.271 e. The van der Waals surface area contributed by atoms with Crippen molar-refractivity contribution < 1.29 is 8.42 Å². The quantitative estimate of drug-likeness (QED) is 0.769. The van der Waals surface area contributed by atoms with Crippen molar-refractivity contribution in [2.45, 2.75) is 11.4 Å². The highest BCUT2D eigenvalue weighted by atomic mass is 32.2. The van der Waals surface area contributed by atoms with Crippen LogP contribution in [0, 0.1) is 0 Å². The third-order valence-corrected chi connectivity index (χ3v) is 2.92. The van der Waals surface area contributed by atoms with Crippen LogP contribution in [0.4, 0.5) is 0 Å². The Morgan fingerprint density at radius 3 is 2.85 bits per heavy atom. The van der Waals surface area contributed by atoms with Crippen molar-refractivity contribution in [1.29, 1.82) is 0 Å². The van der Waals surface area contributed by atoms with Gasteiger partial charge in [0.15, 0.2) is 0 Å². The Balaban J connectivity index is 2.76. The van der Waals surface area contributed by atoms with Gasteiger partial charge in [-0.25, -0.2) is 13.6 Å². The molecular formula is C6H11N3O2S2. The molecule has 0 saturated heterocycles. The van der Waals surface area contributed by atoms with E-state index in [4.69, 9.17) is 5.14 Å². The second-order valence-electron chi connectivity index (χ2n) is 2.48. The number of rotatable bonds is 4. The average molecular weight is 221 g/mol. The first-order valence-corrected chi connectivity index (χ1v) is 6.52. The molecule has 0 aromatic carbocycles. The SMILES string of the molecule is CSCCn1cc(S(N)(=O)=O)cn1. The number of nitrogens with two attached hydrogens (primary N) is 1. The highest BCUT2D eigenvalue weighted by Gasteiger charge is 2.09. The molecule has 0 spiro atoms. The van der Waals surface area contributed by atoms with Crippen LogP contribution in [0.25, 0.3) is 0 Å². The maximum absolute atomic E-state index is 10.8. The largest absolute Gasteiger partial charge is 0.271 e. The summed E-state index contributed by atoms with van der Waals surface area (Å²) in [4.78, 5) is 0.0635. The molecular weight excluding hydrogens is 210 g/mol. The van der Waals surface area contributed by atoms with Crippen LogP contribution in [-0.4, -0.2) is 30.2 Å². The molecule has 0 atom stereocenters. The summed E-state index contributed by atoms with van der Waals surface area (Å²) in [6, 6.07) is 0. The maximum Gasteiger partial charge on any atom is 0.241 e. The molecule has 13 heavy (non-hydrogen) atoms. The minimum atomic E-state index is -3.60. The zero-order chi connectivity index (χ0) is 9.90. The number of sulfonamides is 1. The first-order valence-electron chi connectivity index (χ1n) is 3.58. The van der Waals surface area contributed by atoms with Crippen LogP contribution in [0.5, 0.6) is 0 Å². The zero-order valence-electron chi connectivity index (χ0n) is 7.17. The van der Waals surface area contributed by atoms with Gasteiger partial charge < -0.3 is 0 Å². The van der Waals surface area contributed by atoms with Crippen LogP contribution >= 0.6 is 11.8 Å². The standard InChI is InChI=1S/C6H11N3O2S2/c1-12-3-2-9-5-6(4-8-9)13(7,10)11/h4-5H,2-3H2,1H3,(H2,7,10,11). The summed E-state index contributed by atoms with van der Waals surface area (Å²) in [5, 5.41) is 8.78. The number of hydrogen-bond acceptors (Lipinski definition) is 4. The van der Waals surface area contributed by atoms with Crippen LogP contribution in [0.15, 0.2) is 17.3 Å². The van der Waals surface area contributed by atoms with Crippen molar-refractivity contribution in [2.24, 2.45) is 5.14 Å². The Labute approximate surface area is 81.4 Å². The fraction of sp³-hybridized carbons (Fsp3) is 0.500. The van der Waals surface area contributed by atoms with Crippen LogP contribution in [0.2, 0.25) is 0 Å². The summed E-state index contributed by atoms with van der Waals surface area (Å²) in [6.07, 6.45) is 4.67. The highest BCUT2D eigenvalue weighted by molar-refractivity contribution is 7.98. The Morgan fingerprint density at radius 1 is 1.69 bits per heavy atom. The molecule has 74 valence electrons. The Bertz CT molecular complexity index is 371. The smallest absolute Gasteiger partial charge is 0.241 e. The lowest BCUT2D eigenvalue weighted by atomic mass is 10.7. The summed E-state index contributed by atoms with van der Waals surface area (Å²) in [5.74, 6) is 0.895. The molecule has 0 radical (unpaired) electrons. The van der Waals surface area contributed by atoms with Crippen molar-refractivity contribution in [2.75, 3.05) is 12.0 Å². The van der Waals surface area contributed by atoms with E-state index in [0.717, 1.165) is 5.75 Å². The lowest BCUT2D eigenvalue weighted by molar-refractivity contribution is 0.597. The molecule has 1 aromatic heterocycles. The van der Waals surface area contributed by atoms with Crippen molar-refractivity contribution in [3.63, 3.8) is 0 Å². The third-order valence-electron chi connectivity index (χ3n) is 1.46. The predicted octanol–water partition coefficient (Wildman–Crippen LogP) is -0.106. The normalized spacial score (nSPS) is 11.8. The number of hydrogen-bond donors (Lipinski definition) is 1. The van der Waals surface area contributed by atoms with E-state index in [2.05, 4.69) is 5.10 Å². The average Bonchev–Trinajstić information content (AvgIpc) is 2.47. The van der Waals surface area contributed by atoms with E-state index in [1.807, 2.05) is 6.26 Å².